The van der Waals surface area contributed by atoms with E-state index in [9.17, 15) is 4.39 Å². The van der Waals surface area contributed by atoms with Gasteiger partial charge in [0, 0.05) is 30.8 Å². The van der Waals surface area contributed by atoms with Crippen LogP contribution in [0.2, 0.25) is 0 Å². The molecule has 0 aromatic heterocycles. The average Bonchev–Trinajstić information content (AvgIpc) is 2.85. The van der Waals surface area contributed by atoms with Crippen LogP contribution in [0.15, 0.2) is 18.2 Å². The molecule has 0 radical (unpaired) electrons. The quantitative estimate of drug-likeness (QED) is 0.889. The number of rotatable bonds is 5. The Kier molecular flexibility index (Phi) is 4.77. The molecule has 0 saturated heterocycles. The Bertz CT molecular complexity index is 425. The van der Waals surface area contributed by atoms with Gasteiger partial charge in [0.2, 0.25) is 0 Å². The van der Waals surface area contributed by atoms with Crippen molar-refractivity contribution >= 4 is 0 Å². The van der Waals surface area contributed by atoms with Gasteiger partial charge in [0.25, 0.3) is 0 Å². The maximum Gasteiger partial charge on any atom is 0.131 e. The van der Waals surface area contributed by atoms with E-state index in [1.807, 2.05) is 6.92 Å². The molecule has 1 aromatic carbocycles. The maximum atomic E-state index is 14.0. The summed E-state index contributed by atoms with van der Waals surface area (Å²) in [6.45, 7) is 1.98. The molecule has 19 heavy (non-hydrogen) atoms. The molecular formula is C15H22FNO2. The van der Waals surface area contributed by atoms with Gasteiger partial charge in [0.05, 0.1) is 13.2 Å². The molecule has 1 aromatic rings. The van der Waals surface area contributed by atoms with Crippen molar-refractivity contribution in [2.75, 3.05) is 14.2 Å². The van der Waals surface area contributed by atoms with Gasteiger partial charge in [-0.15, -0.1) is 0 Å². The molecule has 1 fully saturated rings. The molecule has 1 aliphatic carbocycles. The topological polar surface area (TPSA) is 30.5 Å². The van der Waals surface area contributed by atoms with Gasteiger partial charge in [0.1, 0.15) is 11.6 Å². The van der Waals surface area contributed by atoms with Crippen molar-refractivity contribution in [2.24, 2.45) is 0 Å². The van der Waals surface area contributed by atoms with Crippen LogP contribution in [0, 0.1) is 5.82 Å². The predicted molar refractivity (Wildman–Crippen MR) is 72.9 cm³/mol. The second-order valence-electron chi connectivity index (χ2n) is 5.09. The highest BCUT2D eigenvalue weighted by Gasteiger charge is 2.28. The van der Waals surface area contributed by atoms with Crippen molar-refractivity contribution in [2.45, 2.75) is 44.4 Å². The Hall–Kier alpha value is -1.13. The van der Waals surface area contributed by atoms with Gasteiger partial charge >= 0.3 is 0 Å². The first-order valence-corrected chi connectivity index (χ1v) is 6.78. The molecule has 3 atom stereocenters. The molecule has 0 aliphatic heterocycles. The van der Waals surface area contributed by atoms with Crippen molar-refractivity contribution in [3.63, 3.8) is 0 Å². The highest BCUT2D eigenvalue weighted by molar-refractivity contribution is 5.30. The summed E-state index contributed by atoms with van der Waals surface area (Å²) >= 11 is 0. The standard InChI is InChI=1S/C15H22FNO2/c1-10(17-14-5-4-6-15(14)19-3)12-8-7-11(18-2)9-13(12)16/h7-10,14-15,17H,4-6H2,1-3H3. The van der Waals surface area contributed by atoms with Crippen LogP contribution >= 0.6 is 0 Å². The number of halogens is 1. The van der Waals surface area contributed by atoms with Gasteiger partial charge in [0.15, 0.2) is 0 Å². The molecule has 106 valence electrons. The first kappa shape index (κ1) is 14.3. The van der Waals surface area contributed by atoms with Gasteiger partial charge in [-0.1, -0.05) is 6.07 Å². The van der Waals surface area contributed by atoms with Crippen molar-refractivity contribution < 1.29 is 13.9 Å². The molecule has 4 heteroatoms. The Morgan fingerprint density at radius 1 is 1.32 bits per heavy atom. The summed E-state index contributed by atoms with van der Waals surface area (Å²) in [7, 11) is 3.28. The Labute approximate surface area is 114 Å². The minimum absolute atomic E-state index is 0.0355. The van der Waals surface area contributed by atoms with E-state index in [1.54, 1.807) is 19.2 Å². The fourth-order valence-electron chi connectivity index (χ4n) is 2.80. The number of benzene rings is 1. The molecular weight excluding hydrogens is 245 g/mol. The van der Waals surface area contributed by atoms with E-state index in [-0.39, 0.29) is 18.0 Å². The lowest BCUT2D eigenvalue weighted by atomic mass is 10.1. The van der Waals surface area contributed by atoms with E-state index >= 15 is 0 Å². The lowest BCUT2D eigenvalue weighted by molar-refractivity contribution is 0.0818. The molecule has 0 amide bonds. The van der Waals surface area contributed by atoms with Crippen LogP contribution in [0.4, 0.5) is 4.39 Å². The zero-order valence-corrected chi connectivity index (χ0v) is 11.8. The molecule has 1 aliphatic rings. The van der Waals surface area contributed by atoms with Crippen LogP contribution in [-0.4, -0.2) is 26.4 Å². The highest BCUT2D eigenvalue weighted by atomic mass is 19.1. The smallest absolute Gasteiger partial charge is 0.131 e. The monoisotopic (exact) mass is 267 g/mol. The van der Waals surface area contributed by atoms with Gasteiger partial charge in [-0.05, 0) is 32.3 Å². The zero-order chi connectivity index (χ0) is 13.8. The Morgan fingerprint density at radius 3 is 2.74 bits per heavy atom. The summed E-state index contributed by atoms with van der Waals surface area (Å²) in [5.74, 6) is 0.315. The predicted octanol–water partition coefficient (Wildman–Crippen LogP) is 3.05. The Morgan fingerprint density at radius 2 is 2.11 bits per heavy atom. The second kappa shape index (κ2) is 6.35. The van der Waals surface area contributed by atoms with Crippen molar-refractivity contribution in [1.29, 1.82) is 0 Å². The molecule has 0 heterocycles. The number of methoxy groups -OCH3 is 2. The van der Waals surface area contributed by atoms with E-state index in [0.29, 0.717) is 17.4 Å². The van der Waals surface area contributed by atoms with E-state index in [2.05, 4.69) is 5.32 Å². The fraction of sp³-hybridized carbons (Fsp3) is 0.600. The summed E-state index contributed by atoms with van der Waals surface area (Å²) in [6.07, 6.45) is 3.56. The third-order valence-electron chi connectivity index (χ3n) is 3.89. The molecule has 0 spiro atoms. The normalized spacial score (nSPS) is 24.4. The van der Waals surface area contributed by atoms with Crippen LogP contribution in [0.5, 0.6) is 5.75 Å². The number of hydrogen-bond acceptors (Lipinski definition) is 3. The van der Waals surface area contributed by atoms with Crippen LogP contribution in [0.3, 0.4) is 0 Å². The highest BCUT2D eigenvalue weighted by Crippen LogP contribution is 2.26. The molecule has 3 unspecified atom stereocenters. The minimum Gasteiger partial charge on any atom is -0.497 e. The molecule has 2 rings (SSSR count). The molecule has 1 saturated carbocycles. The first-order valence-electron chi connectivity index (χ1n) is 6.78. The third kappa shape index (κ3) is 3.25. The van der Waals surface area contributed by atoms with Crippen molar-refractivity contribution in [3.05, 3.63) is 29.6 Å². The summed E-state index contributed by atoms with van der Waals surface area (Å²) in [5.41, 5.74) is 0.669. The van der Waals surface area contributed by atoms with E-state index in [1.165, 1.54) is 13.2 Å². The second-order valence-corrected chi connectivity index (χ2v) is 5.09. The zero-order valence-electron chi connectivity index (χ0n) is 11.8. The SMILES string of the molecule is COc1ccc(C(C)NC2CCCC2OC)c(F)c1. The van der Waals surface area contributed by atoms with Crippen LogP contribution < -0.4 is 10.1 Å². The van der Waals surface area contributed by atoms with Crippen LogP contribution in [0.25, 0.3) is 0 Å². The van der Waals surface area contributed by atoms with Gasteiger partial charge in [-0.3, -0.25) is 0 Å². The fourth-order valence-corrected chi connectivity index (χ4v) is 2.80. The Balaban J connectivity index is 2.05. The molecule has 1 N–H and O–H groups in total. The summed E-state index contributed by atoms with van der Waals surface area (Å²) in [6, 6.07) is 5.27. The number of hydrogen-bond donors (Lipinski definition) is 1. The average molecular weight is 267 g/mol. The lowest BCUT2D eigenvalue weighted by Crippen LogP contribution is -2.38. The van der Waals surface area contributed by atoms with Gasteiger partial charge in [-0.25, -0.2) is 4.39 Å². The number of nitrogens with one attached hydrogen (secondary N) is 1. The third-order valence-corrected chi connectivity index (χ3v) is 3.89. The lowest BCUT2D eigenvalue weighted by Gasteiger charge is -2.24. The summed E-state index contributed by atoms with van der Waals surface area (Å²) in [4.78, 5) is 0. The summed E-state index contributed by atoms with van der Waals surface area (Å²) in [5, 5.41) is 3.47. The maximum absolute atomic E-state index is 14.0. The molecule has 3 nitrogen and oxygen atoms in total. The summed E-state index contributed by atoms with van der Waals surface area (Å²) < 4.78 is 24.5. The first-order chi connectivity index (χ1) is 9.15. The van der Waals surface area contributed by atoms with E-state index in [0.717, 1.165) is 19.3 Å². The molecule has 0 bridgehead atoms. The van der Waals surface area contributed by atoms with Crippen LogP contribution in [0.1, 0.15) is 37.8 Å². The number of ether oxygens (including phenoxy) is 2. The van der Waals surface area contributed by atoms with Crippen molar-refractivity contribution in [3.8, 4) is 5.75 Å². The van der Waals surface area contributed by atoms with E-state index < -0.39 is 0 Å². The van der Waals surface area contributed by atoms with Gasteiger partial charge < -0.3 is 14.8 Å². The minimum atomic E-state index is -0.230. The van der Waals surface area contributed by atoms with Crippen molar-refractivity contribution in [1.82, 2.24) is 5.32 Å². The van der Waals surface area contributed by atoms with Gasteiger partial charge in [-0.2, -0.15) is 0 Å². The van der Waals surface area contributed by atoms with E-state index in [4.69, 9.17) is 9.47 Å². The van der Waals surface area contributed by atoms with Crippen LogP contribution in [-0.2, 0) is 4.74 Å². The largest absolute Gasteiger partial charge is 0.497 e.